The van der Waals surface area contributed by atoms with Crippen LogP contribution >= 0.6 is 0 Å². The van der Waals surface area contributed by atoms with Gasteiger partial charge in [0.15, 0.2) is 6.61 Å². The van der Waals surface area contributed by atoms with E-state index in [0.717, 1.165) is 69.3 Å². The fourth-order valence-corrected chi connectivity index (χ4v) is 4.24. The van der Waals surface area contributed by atoms with Gasteiger partial charge in [-0.1, -0.05) is 18.2 Å². The lowest BCUT2D eigenvalue weighted by atomic mass is 10.2. The minimum absolute atomic E-state index is 0.349. The monoisotopic (exact) mass is 433 g/mol. The van der Waals surface area contributed by atoms with Gasteiger partial charge in [0.2, 0.25) is 0 Å². The molecule has 166 valence electrons. The summed E-state index contributed by atoms with van der Waals surface area (Å²) in [7, 11) is 0. The van der Waals surface area contributed by atoms with Gasteiger partial charge in [-0.15, -0.1) is 0 Å². The van der Waals surface area contributed by atoms with Crippen LogP contribution in [0.15, 0.2) is 42.5 Å². The summed E-state index contributed by atoms with van der Waals surface area (Å²) in [5, 5.41) is 2.93. The molecule has 5 nitrogen and oxygen atoms in total. The molecule has 0 bridgehead atoms. The number of benzene rings is 2. The minimum atomic E-state index is -4.54. The molecule has 31 heavy (non-hydrogen) atoms. The fourth-order valence-electron chi connectivity index (χ4n) is 4.24. The summed E-state index contributed by atoms with van der Waals surface area (Å²) in [5.41, 5.74) is 1.72. The van der Waals surface area contributed by atoms with Crippen LogP contribution in [0.1, 0.15) is 31.2 Å². The summed E-state index contributed by atoms with van der Waals surface area (Å²) in [6, 6.07) is 10.9. The highest BCUT2D eigenvalue weighted by molar-refractivity contribution is 6.00. The van der Waals surface area contributed by atoms with E-state index in [1.165, 1.54) is 18.2 Å². The highest BCUT2D eigenvalue weighted by Gasteiger charge is 2.34. The number of hydrogen-bond acceptors (Lipinski definition) is 4. The number of amides is 1. The lowest BCUT2D eigenvalue weighted by Gasteiger charge is -2.28. The molecule has 4 rings (SSSR count). The van der Waals surface area contributed by atoms with E-state index in [0.29, 0.717) is 5.69 Å². The van der Waals surface area contributed by atoms with Crippen molar-refractivity contribution >= 4 is 23.0 Å². The molecule has 2 aliphatic rings. The van der Waals surface area contributed by atoms with E-state index in [-0.39, 0.29) is 5.75 Å². The number of nitrogens with one attached hydrogen (secondary N) is 1. The average molecular weight is 433 g/mol. The molecule has 2 aliphatic heterocycles. The molecule has 2 saturated heterocycles. The van der Waals surface area contributed by atoms with E-state index in [9.17, 15) is 18.0 Å². The van der Waals surface area contributed by atoms with Crippen LogP contribution in [0.5, 0.6) is 5.75 Å². The Labute approximate surface area is 179 Å². The van der Waals surface area contributed by atoms with E-state index in [2.05, 4.69) is 15.1 Å². The van der Waals surface area contributed by atoms with E-state index in [4.69, 9.17) is 4.74 Å². The lowest BCUT2D eigenvalue weighted by molar-refractivity contribution is -0.139. The first-order chi connectivity index (χ1) is 14.9. The van der Waals surface area contributed by atoms with Crippen LogP contribution in [-0.2, 0) is 11.0 Å². The van der Waals surface area contributed by atoms with Crippen molar-refractivity contribution in [3.63, 3.8) is 0 Å². The first-order valence-electron chi connectivity index (χ1n) is 10.7. The lowest BCUT2D eigenvalue weighted by Crippen LogP contribution is -2.27. The van der Waals surface area contributed by atoms with Gasteiger partial charge in [0.25, 0.3) is 5.91 Å². The Morgan fingerprint density at radius 1 is 0.871 bits per heavy atom. The summed E-state index contributed by atoms with van der Waals surface area (Å²) < 4.78 is 44.8. The van der Waals surface area contributed by atoms with Crippen LogP contribution in [0.25, 0.3) is 0 Å². The molecule has 0 saturated carbocycles. The van der Waals surface area contributed by atoms with Gasteiger partial charge in [-0.2, -0.15) is 13.2 Å². The highest BCUT2D eigenvalue weighted by Crippen LogP contribution is 2.39. The fraction of sp³-hybridized carbons (Fsp3) is 0.435. The molecule has 2 heterocycles. The second kappa shape index (κ2) is 9.08. The molecule has 0 spiro atoms. The van der Waals surface area contributed by atoms with Crippen LogP contribution in [0.2, 0.25) is 0 Å². The van der Waals surface area contributed by atoms with E-state index >= 15 is 0 Å². The summed E-state index contributed by atoms with van der Waals surface area (Å²) in [4.78, 5) is 17.2. The minimum Gasteiger partial charge on any atom is -0.483 e. The maximum absolute atomic E-state index is 13.2. The summed E-state index contributed by atoms with van der Waals surface area (Å²) in [5.74, 6) is -0.832. The quantitative estimate of drug-likeness (QED) is 0.702. The van der Waals surface area contributed by atoms with Crippen molar-refractivity contribution < 1.29 is 22.7 Å². The topological polar surface area (TPSA) is 44.8 Å². The summed E-state index contributed by atoms with van der Waals surface area (Å²) >= 11 is 0. The first kappa shape index (κ1) is 21.3. The number of hydrogen-bond donors (Lipinski definition) is 1. The Hall–Kier alpha value is -2.90. The van der Waals surface area contributed by atoms with Crippen molar-refractivity contribution in [1.29, 1.82) is 0 Å². The number of para-hydroxylation sites is 2. The Morgan fingerprint density at radius 3 is 1.97 bits per heavy atom. The van der Waals surface area contributed by atoms with Crippen molar-refractivity contribution in [2.75, 3.05) is 47.9 Å². The van der Waals surface area contributed by atoms with Crippen molar-refractivity contribution in [3.8, 4) is 5.75 Å². The van der Waals surface area contributed by atoms with Crippen molar-refractivity contribution in [2.45, 2.75) is 31.9 Å². The molecule has 1 amide bonds. The number of carbonyl (C=O) groups is 1. The third-order valence-electron chi connectivity index (χ3n) is 5.73. The number of nitrogens with zero attached hydrogens (tertiary/aromatic N) is 2. The Kier molecular flexibility index (Phi) is 6.25. The zero-order valence-electron chi connectivity index (χ0n) is 17.3. The summed E-state index contributed by atoms with van der Waals surface area (Å²) in [6.45, 7) is 3.17. The van der Waals surface area contributed by atoms with Crippen molar-refractivity contribution in [1.82, 2.24) is 0 Å². The standard InChI is InChI=1S/C23H26F3N3O2/c24-23(25,26)17-8-1-2-11-20(17)31-16-21(30)27-22-18(28-12-3-4-13-28)9-7-10-19(22)29-14-5-6-15-29/h1-2,7-11H,3-6,12-16H2,(H,27,30). The van der Waals surface area contributed by atoms with Gasteiger partial charge >= 0.3 is 6.18 Å². The maximum Gasteiger partial charge on any atom is 0.419 e. The zero-order chi connectivity index (χ0) is 21.8. The molecule has 8 heteroatoms. The van der Waals surface area contributed by atoms with Crippen LogP contribution in [0.3, 0.4) is 0 Å². The predicted molar refractivity (Wildman–Crippen MR) is 115 cm³/mol. The largest absolute Gasteiger partial charge is 0.483 e. The molecule has 2 aromatic carbocycles. The number of halogens is 3. The number of ether oxygens (including phenoxy) is 1. The molecule has 0 aromatic heterocycles. The van der Waals surface area contributed by atoms with Crippen LogP contribution in [-0.4, -0.2) is 38.7 Å². The Morgan fingerprint density at radius 2 is 1.42 bits per heavy atom. The van der Waals surface area contributed by atoms with Crippen molar-refractivity contribution in [2.24, 2.45) is 0 Å². The SMILES string of the molecule is O=C(COc1ccccc1C(F)(F)F)Nc1c(N2CCCC2)cccc1N1CCCC1. The van der Waals surface area contributed by atoms with E-state index in [1.807, 2.05) is 18.2 Å². The molecule has 0 unspecified atom stereocenters. The Bertz CT molecular complexity index is 886. The van der Waals surface area contributed by atoms with Gasteiger partial charge in [-0.3, -0.25) is 4.79 Å². The second-order valence-corrected chi connectivity index (χ2v) is 7.89. The molecular formula is C23H26F3N3O2. The summed E-state index contributed by atoms with van der Waals surface area (Å²) in [6.07, 6.45) is -0.160. The Balaban J connectivity index is 1.54. The molecule has 0 atom stereocenters. The zero-order valence-corrected chi connectivity index (χ0v) is 17.3. The average Bonchev–Trinajstić information content (AvgIpc) is 3.46. The van der Waals surface area contributed by atoms with E-state index in [1.54, 1.807) is 0 Å². The molecular weight excluding hydrogens is 407 g/mol. The second-order valence-electron chi connectivity index (χ2n) is 7.89. The highest BCUT2D eigenvalue weighted by atomic mass is 19.4. The van der Waals surface area contributed by atoms with Gasteiger partial charge in [0, 0.05) is 26.2 Å². The van der Waals surface area contributed by atoms with Gasteiger partial charge in [0.1, 0.15) is 5.75 Å². The number of carbonyl (C=O) groups excluding carboxylic acids is 1. The normalized spacial score (nSPS) is 16.6. The van der Waals surface area contributed by atoms with Crippen LogP contribution < -0.4 is 19.9 Å². The van der Waals surface area contributed by atoms with E-state index < -0.39 is 24.3 Å². The first-order valence-corrected chi connectivity index (χ1v) is 10.7. The predicted octanol–water partition coefficient (Wildman–Crippen LogP) is 4.92. The van der Waals surface area contributed by atoms with Crippen LogP contribution in [0, 0.1) is 0 Å². The van der Waals surface area contributed by atoms with Crippen molar-refractivity contribution in [3.05, 3.63) is 48.0 Å². The number of alkyl halides is 3. The van der Waals surface area contributed by atoms with Gasteiger partial charge < -0.3 is 19.9 Å². The molecule has 0 aliphatic carbocycles. The third kappa shape index (κ3) is 4.89. The molecule has 2 fully saturated rings. The van der Waals surface area contributed by atoms with Crippen LogP contribution in [0.4, 0.5) is 30.2 Å². The molecule has 2 aromatic rings. The number of rotatable bonds is 6. The van der Waals surface area contributed by atoms with Gasteiger partial charge in [-0.05, 0) is 49.9 Å². The van der Waals surface area contributed by atoms with Gasteiger partial charge in [0.05, 0.1) is 22.6 Å². The molecule has 0 radical (unpaired) electrons. The smallest absolute Gasteiger partial charge is 0.419 e. The molecule has 1 N–H and O–H groups in total. The maximum atomic E-state index is 13.2. The number of anilines is 3. The van der Waals surface area contributed by atoms with Gasteiger partial charge in [-0.25, -0.2) is 0 Å². The third-order valence-corrected chi connectivity index (χ3v) is 5.73.